The van der Waals surface area contributed by atoms with Gasteiger partial charge in [0.15, 0.2) is 0 Å². The summed E-state index contributed by atoms with van der Waals surface area (Å²) in [6, 6.07) is 0.293. The molecule has 0 spiro atoms. The molecule has 1 fully saturated rings. The van der Waals surface area contributed by atoms with E-state index < -0.39 is 0 Å². The predicted octanol–water partition coefficient (Wildman–Crippen LogP) is 0.969. The highest BCUT2D eigenvalue weighted by atomic mass is 14.9. The molecule has 0 heterocycles. The molecule has 0 aromatic carbocycles. The third-order valence-electron chi connectivity index (χ3n) is 2.36. The Morgan fingerprint density at radius 3 is 2.45 bits per heavy atom. The van der Waals surface area contributed by atoms with E-state index in [1.165, 1.54) is 12.8 Å². The lowest BCUT2D eigenvalue weighted by Crippen LogP contribution is -2.33. The molecular formula is C9H20N2. The molecule has 1 aliphatic rings. The van der Waals surface area contributed by atoms with Crippen LogP contribution in [0.5, 0.6) is 0 Å². The van der Waals surface area contributed by atoms with Crippen molar-refractivity contribution in [1.29, 1.82) is 0 Å². The predicted molar refractivity (Wildman–Crippen MR) is 48.4 cm³/mol. The van der Waals surface area contributed by atoms with Gasteiger partial charge in [-0.25, -0.2) is 0 Å². The Labute approximate surface area is 69.5 Å². The highest BCUT2D eigenvalue weighted by Gasteiger charge is 2.27. The van der Waals surface area contributed by atoms with Crippen LogP contribution in [0.25, 0.3) is 0 Å². The normalized spacial score (nSPS) is 23.2. The smallest absolute Gasteiger partial charge is 0.0136 e. The van der Waals surface area contributed by atoms with Gasteiger partial charge in [0, 0.05) is 12.6 Å². The van der Waals surface area contributed by atoms with Crippen LogP contribution in [0.3, 0.4) is 0 Å². The summed E-state index contributed by atoms with van der Waals surface area (Å²) >= 11 is 0. The third kappa shape index (κ3) is 3.73. The van der Waals surface area contributed by atoms with Gasteiger partial charge in [-0.2, -0.15) is 0 Å². The van der Waals surface area contributed by atoms with E-state index in [4.69, 9.17) is 5.73 Å². The Kier molecular flexibility index (Phi) is 3.34. The molecule has 0 radical (unpaired) electrons. The molecular weight excluding hydrogens is 136 g/mol. The van der Waals surface area contributed by atoms with E-state index in [1.807, 2.05) is 6.92 Å². The highest BCUT2D eigenvalue weighted by Crippen LogP contribution is 2.35. The molecule has 0 saturated heterocycles. The molecule has 1 saturated carbocycles. The maximum atomic E-state index is 5.61. The summed E-state index contributed by atoms with van der Waals surface area (Å²) in [5.74, 6) is 1.87. The van der Waals surface area contributed by atoms with Gasteiger partial charge >= 0.3 is 0 Å². The first-order valence-corrected chi connectivity index (χ1v) is 4.66. The van der Waals surface area contributed by atoms with Gasteiger partial charge in [-0.05, 0) is 38.1 Å². The van der Waals surface area contributed by atoms with Gasteiger partial charge < -0.3 is 11.1 Å². The second-order valence-electron chi connectivity index (χ2n) is 3.95. The quantitative estimate of drug-likeness (QED) is 0.622. The van der Waals surface area contributed by atoms with Crippen LogP contribution in [-0.2, 0) is 0 Å². The number of nitrogens with one attached hydrogen (secondary N) is 1. The summed E-state index contributed by atoms with van der Waals surface area (Å²) in [7, 11) is 0. The van der Waals surface area contributed by atoms with Gasteiger partial charge in [0.05, 0.1) is 0 Å². The molecule has 2 heteroatoms. The van der Waals surface area contributed by atoms with Crippen LogP contribution in [0.15, 0.2) is 0 Å². The zero-order valence-electron chi connectivity index (χ0n) is 7.64. The minimum absolute atomic E-state index is 0.293. The molecule has 0 aliphatic heterocycles. The lowest BCUT2D eigenvalue weighted by atomic mass is 10.1. The SMILES string of the molecule is CC(N)CNCC(C)C1CC1. The molecule has 2 unspecified atom stereocenters. The van der Waals surface area contributed by atoms with Gasteiger partial charge in [0.25, 0.3) is 0 Å². The Bertz CT molecular complexity index is 108. The Hall–Kier alpha value is -0.0800. The van der Waals surface area contributed by atoms with Crippen molar-refractivity contribution in [2.75, 3.05) is 13.1 Å². The van der Waals surface area contributed by atoms with Gasteiger partial charge in [-0.15, -0.1) is 0 Å². The average molecular weight is 156 g/mol. The molecule has 11 heavy (non-hydrogen) atoms. The van der Waals surface area contributed by atoms with Crippen LogP contribution >= 0.6 is 0 Å². The maximum Gasteiger partial charge on any atom is 0.0136 e. The van der Waals surface area contributed by atoms with E-state index in [0.29, 0.717) is 6.04 Å². The van der Waals surface area contributed by atoms with Crippen LogP contribution in [0.1, 0.15) is 26.7 Å². The summed E-state index contributed by atoms with van der Waals surface area (Å²) < 4.78 is 0. The van der Waals surface area contributed by atoms with E-state index in [2.05, 4.69) is 12.2 Å². The summed E-state index contributed by atoms with van der Waals surface area (Å²) in [6.07, 6.45) is 2.89. The highest BCUT2D eigenvalue weighted by molar-refractivity contribution is 4.79. The van der Waals surface area contributed by atoms with E-state index in [-0.39, 0.29) is 0 Å². The molecule has 0 amide bonds. The van der Waals surface area contributed by atoms with Crippen LogP contribution in [0.2, 0.25) is 0 Å². The molecule has 2 atom stereocenters. The average Bonchev–Trinajstić information content (AvgIpc) is 2.66. The summed E-state index contributed by atoms with van der Waals surface area (Å²) in [5, 5.41) is 3.38. The second kappa shape index (κ2) is 4.07. The molecule has 3 N–H and O–H groups in total. The molecule has 0 bridgehead atoms. The van der Waals surface area contributed by atoms with E-state index in [1.54, 1.807) is 0 Å². The number of nitrogens with two attached hydrogens (primary N) is 1. The van der Waals surface area contributed by atoms with Crippen molar-refractivity contribution in [2.24, 2.45) is 17.6 Å². The van der Waals surface area contributed by atoms with Crippen molar-refractivity contribution >= 4 is 0 Å². The Balaban J connectivity index is 1.93. The first kappa shape index (κ1) is 9.01. The Morgan fingerprint density at radius 2 is 2.00 bits per heavy atom. The van der Waals surface area contributed by atoms with Crippen molar-refractivity contribution in [3.05, 3.63) is 0 Å². The monoisotopic (exact) mass is 156 g/mol. The summed E-state index contributed by atoms with van der Waals surface area (Å²) in [4.78, 5) is 0. The standard InChI is InChI=1S/C9H20N2/c1-7(9-3-4-9)5-11-6-8(2)10/h7-9,11H,3-6,10H2,1-2H3. The van der Waals surface area contributed by atoms with Crippen molar-refractivity contribution in [2.45, 2.75) is 32.7 Å². The zero-order chi connectivity index (χ0) is 8.27. The van der Waals surface area contributed by atoms with Gasteiger partial charge in [0.2, 0.25) is 0 Å². The first-order valence-electron chi connectivity index (χ1n) is 4.66. The lowest BCUT2D eigenvalue weighted by molar-refractivity contribution is 0.453. The van der Waals surface area contributed by atoms with Crippen LogP contribution in [0.4, 0.5) is 0 Å². The Morgan fingerprint density at radius 1 is 1.36 bits per heavy atom. The van der Waals surface area contributed by atoms with Crippen LogP contribution in [-0.4, -0.2) is 19.1 Å². The summed E-state index contributed by atoms with van der Waals surface area (Å²) in [6.45, 7) is 6.46. The third-order valence-corrected chi connectivity index (χ3v) is 2.36. The second-order valence-corrected chi connectivity index (χ2v) is 3.95. The molecule has 66 valence electrons. The minimum Gasteiger partial charge on any atom is -0.327 e. The maximum absolute atomic E-state index is 5.61. The fourth-order valence-corrected chi connectivity index (χ4v) is 1.37. The number of hydrogen-bond acceptors (Lipinski definition) is 2. The molecule has 2 nitrogen and oxygen atoms in total. The van der Waals surface area contributed by atoms with Crippen molar-refractivity contribution in [1.82, 2.24) is 5.32 Å². The fraction of sp³-hybridized carbons (Fsp3) is 1.00. The lowest BCUT2D eigenvalue weighted by Gasteiger charge is -2.12. The summed E-state index contributed by atoms with van der Waals surface area (Å²) in [5.41, 5.74) is 5.61. The minimum atomic E-state index is 0.293. The largest absolute Gasteiger partial charge is 0.327 e. The van der Waals surface area contributed by atoms with Gasteiger partial charge in [0.1, 0.15) is 0 Å². The molecule has 1 rings (SSSR count). The topological polar surface area (TPSA) is 38.0 Å². The molecule has 0 aromatic rings. The van der Waals surface area contributed by atoms with Gasteiger partial charge in [-0.1, -0.05) is 6.92 Å². The number of hydrogen-bond donors (Lipinski definition) is 2. The van der Waals surface area contributed by atoms with E-state index >= 15 is 0 Å². The van der Waals surface area contributed by atoms with Gasteiger partial charge in [-0.3, -0.25) is 0 Å². The number of rotatable bonds is 5. The van der Waals surface area contributed by atoms with Crippen molar-refractivity contribution in [3.8, 4) is 0 Å². The van der Waals surface area contributed by atoms with E-state index in [0.717, 1.165) is 24.9 Å². The molecule has 0 aromatic heterocycles. The van der Waals surface area contributed by atoms with Crippen LogP contribution < -0.4 is 11.1 Å². The molecule has 1 aliphatic carbocycles. The van der Waals surface area contributed by atoms with Crippen molar-refractivity contribution < 1.29 is 0 Å². The van der Waals surface area contributed by atoms with E-state index in [9.17, 15) is 0 Å². The van der Waals surface area contributed by atoms with Crippen LogP contribution in [0, 0.1) is 11.8 Å². The fourth-order valence-electron chi connectivity index (χ4n) is 1.37. The van der Waals surface area contributed by atoms with Crippen molar-refractivity contribution in [3.63, 3.8) is 0 Å². The zero-order valence-corrected chi connectivity index (χ0v) is 7.64. The first-order chi connectivity index (χ1) is 5.20.